The van der Waals surface area contributed by atoms with Crippen LogP contribution in [0.1, 0.15) is 57.4 Å². The number of hydrogen-bond donors (Lipinski definition) is 2. The highest BCUT2D eigenvalue weighted by Gasteiger charge is 2.25. The Balaban J connectivity index is 1.08. The number of amides is 2. The summed E-state index contributed by atoms with van der Waals surface area (Å²) >= 11 is 0. The standard InChI is InChI=1S/C39H40N4O4/c1-27-9-3-17-37(28(27)2)47-20-8-18-38(45)43-19-7-15-35-34(14-6-16-36(35)43)32-24-41-42(26-32)25-30-11-4-12-31(21-30)39(46)40-23-29-10-5-13-33(44)22-29/h3-6,9-14,16-17,21-22,24,26,44H,7-8,15,18-20,23,25H2,1-2H3,(H,40,46). The Morgan fingerprint density at radius 3 is 2.64 bits per heavy atom. The molecule has 0 spiro atoms. The summed E-state index contributed by atoms with van der Waals surface area (Å²) in [6, 6.07) is 26.6. The van der Waals surface area contributed by atoms with Crippen molar-refractivity contribution in [2.45, 2.75) is 52.6 Å². The molecule has 0 atom stereocenters. The van der Waals surface area contributed by atoms with E-state index < -0.39 is 0 Å². The minimum Gasteiger partial charge on any atom is -0.508 e. The quantitative estimate of drug-likeness (QED) is 0.154. The third-order valence-electron chi connectivity index (χ3n) is 8.74. The number of rotatable bonds is 11. The van der Waals surface area contributed by atoms with E-state index in [1.54, 1.807) is 24.3 Å². The van der Waals surface area contributed by atoms with E-state index in [2.05, 4.69) is 36.4 Å². The maximum Gasteiger partial charge on any atom is 0.251 e. The van der Waals surface area contributed by atoms with Crippen LogP contribution in [0.15, 0.2) is 97.3 Å². The molecule has 8 nitrogen and oxygen atoms in total. The van der Waals surface area contributed by atoms with Crippen molar-refractivity contribution in [1.29, 1.82) is 0 Å². The number of nitrogens with one attached hydrogen (secondary N) is 1. The molecule has 0 saturated carbocycles. The first kappa shape index (κ1) is 31.6. The van der Waals surface area contributed by atoms with E-state index in [1.807, 2.05) is 70.5 Å². The normalized spacial score (nSPS) is 12.4. The topological polar surface area (TPSA) is 96.7 Å². The van der Waals surface area contributed by atoms with Gasteiger partial charge in [0.15, 0.2) is 0 Å². The van der Waals surface area contributed by atoms with Crippen LogP contribution in [-0.4, -0.2) is 39.9 Å². The molecule has 2 amide bonds. The first-order valence-electron chi connectivity index (χ1n) is 16.1. The number of phenolic OH excluding ortho intramolecular Hbond substituents is 1. The Labute approximate surface area is 275 Å². The minimum atomic E-state index is -0.180. The molecule has 0 aliphatic carbocycles. The van der Waals surface area contributed by atoms with Crippen molar-refractivity contribution < 1.29 is 19.4 Å². The highest BCUT2D eigenvalue weighted by molar-refractivity contribution is 5.96. The van der Waals surface area contributed by atoms with Crippen LogP contribution in [-0.2, 0) is 24.3 Å². The molecular weight excluding hydrogens is 588 g/mol. The number of carbonyl (C=O) groups is 2. The lowest BCUT2D eigenvalue weighted by molar-refractivity contribution is -0.118. The highest BCUT2D eigenvalue weighted by atomic mass is 16.5. The fraction of sp³-hybridized carbons (Fsp3) is 0.256. The maximum absolute atomic E-state index is 13.4. The summed E-state index contributed by atoms with van der Waals surface area (Å²) in [6.07, 6.45) is 6.78. The average molecular weight is 629 g/mol. The van der Waals surface area contributed by atoms with Gasteiger partial charge in [0.25, 0.3) is 5.91 Å². The molecule has 0 fully saturated rings. The SMILES string of the molecule is Cc1cccc(OCCCC(=O)N2CCCc3c(-c4cnn(Cc5cccc(C(=O)NCc6cccc(O)c6)c5)c4)cccc32)c1C. The van der Waals surface area contributed by atoms with Crippen molar-refractivity contribution in [3.63, 3.8) is 0 Å². The average Bonchev–Trinajstić information content (AvgIpc) is 3.55. The van der Waals surface area contributed by atoms with Crippen LogP contribution < -0.4 is 15.0 Å². The van der Waals surface area contributed by atoms with Gasteiger partial charge < -0.3 is 20.1 Å². The Morgan fingerprint density at radius 1 is 0.957 bits per heavy atom. The van der Waals surface area contributed by atoms with Gasteiger partial charge in [-0.15, -0.1) is 0 Å². The summed E-state index contributed by atoms with van der Waals surface area (Å²) in [5.74, 6) is 0.991. The molecule has 2 N–H and O–H groups in total. The molecule has 6 rings (SSSR count). The van der Waals surface area contributed by atoms with Gasteiger partial charge in [-0.25, -0.2) is 0 Å². The van der Waals surface area contributed by atoms with E-state index in [0.29, 0.717) is 44.6 Å². The second-order valence-electron chi connectivity index (χ2n) is 12.1. The second kappa shape index (κ2) is 14.4. The summed E-state index contributed by atoms with van der Waals surface area (Å²) in [5.41, 5.74) is 8.91. The summed E-state index contributed by atoms with van der Waals surface area (Å²) in [5, 5.41) is 17.2. The molecule has 1 aliphatic rings. The molecule has 8 heteroatoms. The number of aromatic nitrogens is 2. The van der Waals surface area contributed by atoms with E-state index in [0.717, 1.165) is 52.1 Å². The lowest BCUT2D eigenvalue weighted by atomic mass is 9.93. The molecule has 0 bridgehead atoms. The van der Waals surface area contributed by atoms with E-state index in [1.165, 1.54) is 11.1 Å². The van der Waals surface area contributed by atoms with Gasteiger partial charge in [0, 0.05) is 42.5 Å². The van der Waals surface area contributed by atoms with Gasteiger partial charge in [0.1, 0.15) is 11.5 Å². The molecule has 0 saturated heterocycles. The van der Waals surface area contributed by atoms with Crippen LogP contribution in [0, 0.1) is 13.8 Å². The fourth-order valence-corrected chi connectivity index (χ4v) is 6.11. The summed E-state index contributed by atoms with van der Waals surface area (Å²) in [7, 11) is 0. The molecule has 240 valence electrons. The first-order chi connectivity index (χ1) is 22.9. The Kier molecular flexibility index (Phi) is 9.67. The predicted octanol–water partition coefficient (Wildman–Crippen LogP) is 6.99. The van der Waals surface area contributed by atoms with E-state index in [4.69, 9.17) is 4.74 Å². The second-order valence-corrected chi connectivity index (χ2v) is 12.1. The predicted molar refractivity (Wildman–Crippen MR) is 184 cm³/mol. The fourth-order valence-electron chi connectivity index (χ4n) is 6.11. The lowest BCUT2D eigenvalue weighted by Crippen LogP contribution is -2.35. The third-order valence-corrected chi connectivity index (χ3v) is 8.74. The molecule has 0 radical (unpaired) electrons. The lowest BCUT2D eigenvalue weighted by Gasteiger charge is -2.31. The first-order valence-corrected chi connectivity index (χ1v) is 16.1. The number of carbonyl (C=O) groups excluding carboxylic acids is 2. The number of fused-ring (bicyclic) bond motifs is 1. The largest absolute Gasteiger partial charge is 0.508 e. The zero-order chi connectivity index (χ0) is 32.8. The van der Waals surface area contributed by atoms with Crippen molar-refractivity contribution in [2.24, 2.45) is 0 Å². The number of benzene rings is 4. The van der Waals surface area contributed by atoms with Gasteiger partial charge >= 0.3 is 0 Å². The number of hydrogen-bond acceptors (Lipinski definition) is 5. The molecule has 5 aromatic rings. The summed E-state index contributed by atoms with van der Waals surface area (Å²) in [6.45, 7) is 6.18. The Hall–Kier alpha value is -5.37. The number of aromatic hydroxyl groups is 1. The summed E-state index contributed by atoms with van der Waals surface area (Å²) < 4.78 is 7.86. The smallest absolute Gasteiger partial charge is 0.251 e. The van der Waals surface area contributed by atoms with Gasteiger partial charge in [-0.3, -0.25) is 14.3 Å². The number of anilines is 1. The molecular formula is C39H40N4O4. The minimum absolute atomic E-state index is 0.120. The van der Waals surface area contributed by atoms with Crippen LogP contribution in [0.25, 0.3) is 11.1 Å². The van der Waals surface area contributed by atoms with Crippen molar-refractivity contribution in [1.82, 2.24) is 15.1 Å². The van der Waals surface area contributed by atoms with Crippen LogP contribution in [0.4, 0.5) is 5.69 Å². The molecule has 47 heavy (non-hydrogen) atoms. The van der Waals surface area contributed by atoms with Crippen LogP contribution >= 0.6 is 0 Å². The molecule has 0 unspecified atom stereocenters. The Bertz CT molecular complexity index is 1900. The van der Waals surface area contributed by atoms with Crippen LogP contribution in [0.5, 0.6) is 11.5 Å². The zero-order valence-corrected chi connectivity index (χ0v) is 26.9. The van der Waals surface area contributed by atoms with Gasteiger partial charge in [-0.2, -0.15) is 5.10 Å². The van der Waals surface area contributed by atoms with Crippen molar-refractivity contribution >= 4 is 17.5 Å². The van der Waals surface area contributed by atoms with Gasteiger partial charge in [0.05, 0.1) is 19.3 Å². The van der Waals surface area contributed by atoms with Gasteiger partial charge in [-0.1, -0.05) is 48.5 Å². The number of aryl methyl sites for hydroxylation is 1. The van der Waals surface area contributed by atoms with Gasteiger partial charge in [-0.05, 0) is 103 Å². The summed E-state index contributed by atoms with van der Waals surface area (Å²) in [4.78, 5) is 28.1. The number of nitrogens with zero attached hydrogens (tertiary/aromatic N) is 3. The van der Waals surface area contributed by atoms with E-state index in [9.17, 15) is 14.7 Å². The van der Waals surface area contributed by atoms with Crippen molar-refractivity contribution in [2.75, 3.05) is 18.1 Å². The zero-order valence-electron chi connectivity index (χ0n) is 26.9. The van der Waals surface area contributed by atoms with Crippen molar-refractivity contribution in [3.05, 3.63) is 131 Å². The molecule has 4 aromatic carbocycles. The molecule has 1 aliphatic heterocycles. The van der Waals surface area contributed by atoms with E-state index >= 15 is 0 Å². The maximum atomic E-state index is 13.4. The van der Waals surface area contributed by atoms with E-state index in [-0.39, 0.29) is 17.6 Å². The van der Waals surface area contributed by atoms with Crippen LogP contribution in [0.3, 0.4) is 0 Å². The monoisotopic (exact) mass is 628 g/mol. The van der Waals surface area contributed by atoms with Crippen LogP contribution in [0.2, 0.25) is 0 Å². The molecule has 1 aromatic heterocycles. The van der Waals surface area contributed by atoms with Crippen molar-refractivity contribution in [3.8, 4) is 22.6 Å². The number of ether oxygens (including phenoxy) is 1. The van der Waals surface area contributed by atoms with Gasteiger partial charge in [0.2, 0.25) is 5.91 Å². The highest BCUT2D eigenvalue weighted by Crippen LogP contribution is 2.36. The molecule has 2 heterocycles. The Morgan fingerprint density at radius 2 is 1.77 bits per heavy atom. The number of phenols is 1. The third kappa shape index (κ3) is 7.55.